The molecule has 0 spiro atoms. The number of anilines is 1. The Labute approximate surface area is 249 Å². The second kappa shape index (κ2) is 13.0. The second-order valence-electron chi connectivity index (χ2n) is 9.69. The first-order chi connectivity index (χ1) is 20.5. The minimum atomic E-state index is -0.361. The van der Waals surface area contributed by atoms with Crippen molar-refractivity contribution in [2.24, 2.45) is 0 Å². The number of ether oxygens (including phenoxy) is 3. The fourth-order valence-electron chi connectivity index (χ4n) is 4.99. The van der Waals surface area contributed by atoms with Crippen LogP contribution in [0.15, 0.2) is 72.8 Å². The molecule has 1 aliphatic rings. The van der Waals surface area contributed by atoms with E-state index in [1.165, 1.54) is 11.8 Å². The van der Waals surface area contributed by atoms with Crippen molar-refractivity contribution >= 4 is 29.4 Å². The maximum absolute atomic E-state index is 13.9. The van der Waals surface area contributed by atoms with Crippen LogP contribution in [0.2, 0.25) is 0 Å². The van der Waals surface area contributed by atoms with Crippen LogP contribution in [0.3, 0.4) is 0 Å². The maximum atomic E-state index is 13.9. The molecule has 218 valence electrons. The predicted octanol–water partition coefficient (Wildman–Crippen LogP) is 5.26. The van der Waals surface area contributed by atoms with Gasteiger partial charge in [-0.05, 0) is 48.9 Å². The number of nitrogens with zero attached hydrogens (tertiary/aromatic N) is 3. The highest BCUT2D eigenvalue weighted by Gasteiger charge is 2.38. The maximum Gasteiger partial charge on any atom is 0.240 e. The molecule has 0 saturated carbocycles. The third-order valence-corrected chi connectivity index (χ3v) is 8.28. The Balaban J connectivity index is 1.81. The Morgan fingerprint density at radius 3 is 2.36 bits per heavy atom. The zero-order valence-electron chi connectivity index (χ0n) is 24.1. The van der Waals surface area contributed by atoms with Gasteiger partial charge in [0.25, 0.3) is 0 Å². The number of hydrogen-bond acceptors (Lipinski definition) is 7. The molecule has 0 aliphatic carbocycles. The van der Waals surface area contributed by atoms with E-state index >= 15 is 0 Å². The largest absolute Gasteiger partial charge is 0.497 e. The van der Waals surface area contributed by atoms with Crippen molar-refractivity contribution in [3.05, 3.63) is 83.9 Å². The van der Waals surface area contributed by atoms with Gasteiger partial charge in [0.1, 0.15) is 29.6 Å². The first kappa shape index (κ1) is 29.1. The van der Waals surface area contributed by atoms with Gasteiger partial charge in [0.2, 0.25) is 11.8 Å². The number of carbonyl (C=O) groups is 2. The Bertz CT molecular complexity index is 1560. The molecule has 1 atom stereocenters. The number of methoxy groups -OCH3 is 3. The molecule has 0 saturated heterocycles. The number of nitrogens with one attached hydrogen (secondary N) is 1. The zero-order valence-corrected chi connectivity index (χ0v) is 24.9. The lowest BCUT2D eigenvalue weighted by Gasteiger charge is -2.23. The van der Waals surface area contributed by atoms with Crippen LogP contribution in [-0.2, 0) is 9.59 Å². The topological polar surface area (TPSA) is 94.9 Å². The average Bonchev–Trinajstić information content (AvgIpc) is 3.36. The molecule has 5 rings (SSSR count). The highest BCUT2D eigenvalue weighted by Crippen LogP contribution is 2.51. The molecule has 2 heterocycles. The van der Waals surface area contributed by atoms with Gasteiger partial charge in [-0.2, -0.15) is 5.10 Å². The van der Waals surface area contributed by atoms with Gasteiger partial charge in [-0.1, -0.05) is 37.3 Å². The third kappa shape index (κ3) is 5.80. The van der Waals surface area contributed by atoms with Gasteiger partial charge < -0.3 is 19.5 Å². The van der Waals surface area contributed by atoms with Crippen LogP contribution >= 0.6 is 11.8 Å². The van der Waals surface area contributed by atoms with Crippen LogP contribution in [0.4, 0.5) is 5.82 Å². The van der Waals surface area contributed by atoms with Crippen molar-refractivity contribution in [1.29, 1.82) is 0 Å². The summed E-state index contributed by atoms with van der Waals surface area (Å²) in [6.07, 6.45) is 0.792. The van der Waals surface area contributed by atoms with E-state index in [9.17, 15) is 9.59 Å². The van der Waals surface area contributed by atoms with Gasteiger partial charge >= 0.3 is 0 Å². The number of thioether (sulfide) groups is 1. The molecule has 1 aromatic heterocycles. The Morgan fingerprint density at radius 1 is 0.976 bits per heavy atom. The second-order valence-corrected chi connectivity index (χ2v) is 10.8. The minimum Gasteiger partial charge on any atom is -0.497 e. The molecule has 0 unspecified atom stereocenters. The molecular formula is C32H34N4O5S. The summed E-state index contributed by atoms with van der Waals surface area (Å²) in [6, 6.07) is 23.0. The molecule has 0 bridgehead atoms. The van der Waals surface area contributed by atoms with Gasteiger partial charge in [0, 0.05) is 23.2 Å². The van der Waals surface area contributed by atoms with Crippen LogP contribution in [0.1, 0.15) is 29.7 Å². The Kier molecular flexibility index (Phi) is 9.02. The van der Waals surface area contributed by atoms with Gasteiger partial charge in [0.15, 0.2) is 0 Å². The number of fused-ring (bicyclic) bond motifs is 1. The lowest BCUT2D eigenvalue weighted by atomic mass is 9.98. The summed E-state index contributed by atoms with van der Waals surface area (Å²) in [7, 11) is 4.86. The smallest absolute Gasteiger partial charge is 0.240 e. The van der Waals surface area contributed by atoms with E-state index in [-0.39, 0.29) is 29.4 Å². The van der Waals surface area contributed by atoms with E-state index in [1.54, 1.807) is 30.9 Å². The number of amides is 2. The first-order valence-corrected chi connectivity index (χ1v) is 14.8. The average molecular weight is 587 g/mol. The number of hydrogen-bond donors (Lipinski definition) is 1. The Morgan fingerprint density at radius 2 is 1.69 bits per heavy atom. The van der Waals surface area contributed by atoms with Gasteiger partial charge in [-0.15, -0.1) is 11.8 Å². The van der Waals surface area contributed by atoms with Crippen molar-refractivity contribution in [3.8, 4) is 34.2 Å². The monoisotopic (exact) mass is 586 g/mol. The van der Waals surface area contributed by atoms with Gasteiger partial charge in [-0.25, -0.2) is 4.68 Å². The molecule has 3 aromatic carbocycles. The van der Waals surface area contributed by atoms with Crippen molar-refractivity contribution in [2.45, 2.75) is 18.6 Å². The van der Waals surface area contributed by atoms with Crippen LogP contribution in [-0.4, -0.2) is 61.8 Å². The number of benzene rings is 3. The van der Waals surface area contributed by atoms with E-state index in [0.717, 1.165) is 28.8 Å². The molecule has 10 heteroatoms. The van der Waals surface area contributed by atoms with Crippen LogP contribution < -0.4 is 24.4 Å². The molecule has 0 fully saturated rings. The number of rotatable bonds is 10. The molecule has 1 N–H and O–H groups in total. The normalized spacial score (nSPS) is 14.6. The quantitative estimate of drug-likeness (QED) is 0.271. The van der Waals surface area contributed by atoms with Crippen LogP contribution in [0.5, 0.6) is 17.2 Å². The standard InChI is InChI=1S/C32H34N4O5S/c1-5-17-33-27(37)19-35-28(38)20-42-31(25-18-24(40-3)15-16-26(25)41-4)29-30(21-9-7-6-8-10-21)34-36(32(29)35)22-11-13-23(39-2)14-12-22/h6-16,18,31H,5,17,19-20H2,1-4H3,(H,33,37)/t31-/m1/s1. The van der Waals surface area contributed by atoms with Crippen molar-refractivity contribution < 1.29 is 23.8 Å². The summed E-state index contributed by atoms with van der Waals surface area (Å²) in [6.45, 7) is 2.38. The van der Waals surface area contributed by atoms with Crippen molar-refractivity contribution in [2.75, 3.05) is 45.1 Å². The van der Waals surface area contributed by atoms with E-state index in [0.29, 0.717) is 35.3 Å². The molecule has 42 heavy (non-hydrogen) atoms. The number of carbonyl (C=O) groups excluding carboxylic acids is 2. The SMILES string of the molecule is CCCNC(=O)CN1C(=O)CS[C@H](c2cc(OC)ccc2OC)c2c(-c3ccccc3)nn(-c3ccc(OC)cc3)c21. The zero-order chi connectivity index (χ0) is 29.6. The Hall–Kier alpha value is -4.44. The lowest BCUT2D eigenvalue weighted by molar-refractivity contribution is -0.122. The molecule has 2 amide bonds. The summed E-state index contributed by atoms with van der Waals surface area (Å²) in [5.41, 5.74) is 3.97. The van der Waals surface area contributed by atoms with Crippen molar-refractivity contribution in [3.63, 3.8) is 0 Å². The van der Waals surface area contributed by atoms with E-state index < -0.39 is 0 Å². The van der Waals surface area contributed by atoms with Crippen molar-refractivity contribution in [1.82, 2.24) is 15.1 Å². The summed E-state index contributed by atoms with van der Waals surface area (Å²) in [4.78, 5) is 28.5. The van der Waals surface area contributed by atoms with Crippen LogP contribution in [0, 0.1) is 0 Å². The summed E-state index contributed by atoms with van der Waals surface area (Å²) in [5, 5.41) is 7.68. The van der Waals surface area contributed by atoms with Gasteiger partial charge in [-0.3, -0.25) is 14.5 Å². The highest BCUT2D eigenvalue weighted by atomic mass is 32.2. The predicted molar refractivity (Wildman–Crippen MR) is 165 cm³/mol. The lowest BCUT2D eigenvalue weighted by Crippen LogP contribution is -2.42. The molecule has 0 radical (unpaired) electrons. The third-order valence-electron chi connectivity index (χ3n) is 7.05. The summed E-state index contributed by atoms with van der Waals surface area (Å²) >= 11 is 1.48. The number of aromatic nitrogens is 2. The minimum absolute atomic E-state index is 0.134. The summed E-state index contributed by atoms with van der Waals surface area (Å²) < 4.78 is 18.5. The van der Waals surface area contributed by atoms with Gasteiger partial charge in [0.05, 0.1) is 43.7 Å². The van der Waals surface area contributed by atoms with E-state index in [4.69, 9.17) is 19.3 Å². The molecule has 4 aromatic rings. The first-order valence-electron chi connectivity index (χ1n) is 13.7. The fraction of sp³-hybridized carbons (Fsp3) is 0.281. The summed E-state index contributed by atoms with van der Waals surface area (Å²) in [5.74, 6) is 2.30. The van der Waals surface area contributed by atoms with E-state index in [2.05, 4.69) is 5.32 Å². The molecule has 1 aliphatic heterocycles. The molecular weight excluding hydrogens is 552 g/mol. The fourth-order valence-corrected chi connectivity index (χ4v) is 6.20. The highest BCUT2D eigenvalue weighted by molar-refractivity contribution is 8.00. The van der Waals surface area contributed by atoms with E-state index in [1.807, 2.05) is 79.7 Å². The van der Waals surface area contributed by atoms with Crippen LogP contribution in [0.25, 0.3) is 16.9 Å². The molecule has 9 nitrogen and oxygen atoms in total.